The maximum atomic E-state index is 9.77. The van der Waals surface area contributed by atoms with Gasteiger partial charge >= 0.3 is 0 Å². The number of ether oxygens (including phenoxy) is 6. The maximum absolute atomic E-state index is 9.77. The lowest BCUT2D eigenvalue weighted by Crippen LogP contribution is -2.33. The number of hydrogen-bond acceptors (Lipinski definition) is 20. The summed E-state index contributed by atoms with van der Waals surface area (Å²) in [5.41, 5.74) is 4.41. The smallest absolute Gasteiger partial charge is 0.228 e. The summed E-state index contributed by atoms with van der Waals surface area (Å²) in [6.07, 6.45) is 14.6. The number of fused-ring (bicyclic) bond motifs is 2. The highest BCUT2D eigenvalue weighted by Crippen LogP contribution is 2.41. The Morgan fingerprint density at radius 2 is 1.15 bits per heavy atom. The van der Waals surface area contributed by atoms with Gasteiger partial charge < -0.3 is 68.6 Å². The predicted octanol–water partition coefficient (Wildman–Crippen LogP) is 4.98. The predicted molar refractivity (Wildman–Crippen MR) is 266 cm³/mol. The number of halogens is 1. The highest BCUT2D eigenvalue weighted by atomic mass is 35.5. The Balaban J connectivity index is 0.000000169. The van der Waals surface area contributed by atoms with Gasteiger partial charge in [-0.1, -0.05) is 0 Å². The first-order chi connectivity index (χ1) is 34.5. The summed E-state index contributed by atoms with van der Waals surface area (Å²) in [6.45, 7) is 2.26. The molecule has 25 heteroatoms. The molecule has 2 saturated heterocycles. The second-order valence-corrected chi connectivity index (χ2v) is 16.6. The molecule has 8 aromatic rings. The lowest BCUT2D eigenvalue weighted by Gasteiger charge is -2.23. The minimum absolute atomic E-state index is 0.0104. The van der Waals surface area contributed by atoms with Crippen molar-refractivity contribution < 1.29 is 38.6 Å². The van der Waals surface area contributed by atoms with Gasteiger partial charge in [-0.2, -0.15) is 20.2 Å². The first-order valence-corrected chi connectivity index (χ1v) is 22.9. The lowest BCUT2D eigenvalue weighted by atomic mass is 10.2. The van der Waals surface area contributed by atoms with E-state index in [1.165, 1.54) is 6.42 Å². The summed E-state index contributed by atoms with van der Waals surface area (Å²) in [6, 6.07) is 7.76. The van der Waals surface area contributed by atoms with Crippen LogP contribution in [0.5, 0.6) is 34.5 Å². The number of rotatable bonds is 15. The molecule has 0 spiro atoms. The molecule has 0 aliphatic carbocycles. The number of aliphatic hydroxyl groups excluding tert-OH is 2. The first kappa shape index (κ1) is 49.7. The summed E-state index contributed by atoms with van der Waals surface area (Å²) >= 11 is 6.03. The molecule has 2 aromatic carbocycles. The van der Waals surface area contributed by atoms with E-state index in [4.69, 9.17) is 55.1 Å². The van der Waals surface area contributed by atoms with Crippen LogP contribution in [-0.2, 0) is 14.1 Å². The van der Waals surface area contributed by atoms with Gasteiger partial charge in [0, 0.05) is 50.9 Å². The SMILES string of the molecule is COc1cc(-n2cnc(Nc3nc(Cl)nc4cnn(C)c34)c2)cc(OC)c1OC.COc1cc(-n2cnc(Nc3nc(N4CCC[C@H]4CO)nc4cnn(C)c34)c2)cc(OC)c1OC.OC[C@@H]1CCCN1. The summed E-state index contributed by atoms with van der Waals surface area (Å²) < 4.78 is 39.6. The lowest BCUT2D eigenvalue weighted by molar-refractivity contribution is 0.255. The third-order valence-electron chi connectivity index (χ3n) is 11.9. The van der Waals surface area contributed by atoms with Crippen molar-refractivity contribution in [2.24, 2.45) is 14.1 Å². The van der Waals surface area contributed by atoms with E-state index in [1.54, 1.807) is 90.3 Å². The fraction of sp³-hybridized carbons (Fsp3) is 0.391. The number of nitrogens with zero attached hydrogens (tertiary/aromatic N) is 13. The summed E-state index contributed by atoms with van der Waals surface area (Å²) in [7, 11) is 13.1. The van der Waals surface area contributed by atoms with E-state index in [9.17, 15) is 5.11 Å². The van der Waals surface area contributed by atoms with Crippen LogP contribution in [0.2, 0.25) is 5.28 Å². The number of anilines is 5. The molecule has 0 amide bonds. The molecule has 0 bridgehead atoms. The van der Waals surface area contributed by atoms with Crippen molar-refractivity contribution >= 4 is 62.9 Å². The van der Waals surface area contributed by atoms with Crippen LogP contribution in [0, 0.1) is 0 Å². The van der Waals surface area contributed by atoms with Crippen LogP contribution in [0.15, 0.2) is 61.7 Å². The van der Waals surface area contributed by atoms with Gasteiger partial charge in [-0.15, -0.1) is 0 Å². The highest BCUT2D eigenvalue weighted by Gasteiger charge is 2.28. The molecule has 71 heavy (non-hydrogen) atoms. The zero-order valence-corrected chi connectivity index (χ0v) is 41.4. The van der Waals surface area contributed by atoms with Crippen molar-refractivity contribution in [3.05, 3.63) is 67.0 Å². The van der Waals surface area contributed by atoms with Gasteiger partial charge in [0.2, 0.25) is 22.7 Å². The largest absolute Gasteiger partial charge is 0.493 e. The number of aromatic nitrogens is 12. The molecule has 0 radical (unpaired) electrons. The zero-order chi connectivity index (χ0) is 50.2. The van der Waals surface area contributed by atoms with Crippen LogP contribution in [0.3, 0.4) is 0 Å². The molecular weight excluding hydrogens is 940 g/mol. The fourth-order valence-electron chi connectivity index (χ4n) is 8.36. The number of methoxy groups -OCH3 is 6. The van der Waals surface area contributed by atoms with Gasteiger partial charge in [0.05, 0.1) is 98.1 Å². The summed E-state index contributed by atoms with van der Waals surface area (Å²) in [5.74, 6) is 6.04. The van der Waals surface area contributed by atoms with Crippen LogP contribution in [-0.4, -0.2) is 150 Å². The van der Waals surface area contributed by atoms with E-state index in [2.05, 4.69) is 46.1 Å². The van der Waals surface area contributed by atoms with Gasteiger partial charge in [0.15, 0.2) is 34.6 Å². The van der Waals surface area contributed by atoms with E-state index in [1.807, 2.05) is 51.5 Å². The van der Waals surface area contributed by atoms with Crippen LogP contribution < -0.4 is 49.3 Å². The van der Waals surface area contributed by atoms with Crippen molar-refractivity contribution in [2.45, 2.75) is 37.8 Å². The summed E-state index contributed by atoms with van der Waals surface area (Å²) in [4.78, 5) is 28.9. The molecule has 5 N–H and O–H groups in total. The van der Waals surface area contributed by atoms with Crippen molar-refractivity contribution in [1.82, 2.24) is 63.9 Å². The molecule has 376 valence electrons. The molecule has 0 saturated carbocycles. The van der Waals surface area contributed by atoms with E-state index in [-0.39, 0.29) is 17.9 Å². The number of hydrogen-bond donors (Lipinski definition) is 5. The normalized spacial score (nSPS) is 15.2. The Labute approximate surface area is 413 Å². The fourth-order valence-corrected chi connectivity index (χ4v) is 8.53. The van der Waals surface area contributed by atoms with E-state index in [0.29, 0.717) is 87.4 Å². The second-order valence-electron chi connectivity index (χ2n) is 16.2. The van der Waals surface area contributed by atoms with Crippen LogP contribution >= 0.6 is 11.6 Å². The van der Waals surface area contributed by atoms with Gasteiger partial charge in [-0.25, -0.2) is 19.9 Å². The van der Waals surface area contributed by atoms with Crippen molar-refractivity contribution in [3.8, 4) is 45.9 Å². The Kier molecular flexibility index (Phi) is 15.7. The molecule has 2 aliphatic rings. The average molecular weight is 998 g/mol. The van der Waals surface area contributed by atoms with Gasteiger partial charge in [0.25, 0.3) is 0 Å². The van der Waals surface area contributed by atoms with E-state index in [0.717, 1.165) is 54.8 Å². The van der Waals surface area contributed by atoms with E-state index < -0.39 is 0 Å². The Morgan fingerprint density at radius 3 is 1.59 bits per heavy atom. The molecule has 6 aromatic heterocycles. The monoisotopic (exact) mass is 996 g/mol. The van der Waals surface area contributed by atoms with Crippen molar-refractivity contribution in [1.29, 1.82) is 0 Å². The maximum Gasteiger partial charge on any atom is 0.228 e. The Bertz CT molecular complexity index is 3030. The Morgan fingerprint density at radius 1 is 0.648 bits per heavy atom. The van der Waals surface area contributed by atoms with Crippen LogP contribution in [0.4, 0.5) is 29.2 Å². The van der Waals surface area contributed by atoms with E-state index >= 15 is 0 Å². The molecule has 0 unspecified atom stereocenters. The number of aliphatic hydroxyl groups is 2. The quantitative estimate of drug-likeness (QED) is 0.0849. The van der Waals surface area contributed by atoms with Crippen molar-refractivity contribution in [3.63, 3.8) is 0 Å². The van der Waals surface area contributed by atoms with Crippen LogP contribution in [0.25, 0.3) is 33.4 Å². The standard InChI is InChI=1S/C23H28N8O4.C18H18ClN7O3.C5H11NO/c1-29-20-16(10-25-29)26-23(31-7-5-6-14(31)12-32)28-22(20)27-19-11-30(13-24-19)15-8-17(33-2)21(35-4)18(9-15)34-3;1-25-15-11(7-21-25)22-18(19)24-17(15)23-14-8-26(9-20-14)10-5-12(27-2)16(29-4)13(6-10)28-3;7-4-5-2-1-3-6-5/h8-11,13-14,32H,5-7,12H2,1-4H3,(H,26,27,28);5-9H,1-4H3,(H,22,23,24);5-7H,1-4H2/t14-;;5-/m0.0/s1. The second kappa shape index (κ2) is 22.4. The van der Waals surface area contributed by atoms with Gasteiger partial charge in [-0.3, -0.25) is 9.36 Å². The molecular formula is C46H57ClN16O8. The zero-order valence-electron chi connectivity index (χ0n) is 40.6. The van der Waals surface area contributed by atoms with Gasteiger partial charge in [-0.05, 0) is 43.8 Å². The minimum Gasteiger partial charge on any atom is -0.493 e. The van der Waals surface area contributed by atoms with Crippen molar-refractivity contribution in [2.75, 3.05) is 84.5 Å². The molecule has 24 nitrogen and oxygen atoms in total. The molecule has 2 fully saturated rings. The number of benzene rings is 2. The summed E-state index contributed by atoms with van der Waals surface area (Å²) in [5, 5.41) is 36.6. The highest BCUT2D eigenvalue weighted by molar-refractivity contribution is 6.28. The van der Waals surface area contributed by atoms with Gasteiger partial charge in [0.1, 0.15) is 46.4 Å². The molecule has 10 rings (SSSR count). The number of nitrogens with one attached hydrogen (secondary N) is 3. The third kappa shape index (κ3) is 10.7. The average Bonchev–Trinajstić information content (AvgIpc) is 4.27. The number of imidazole rings is 2. The topological polar surface area (TPSA) is 258 Å². The first-order valence-electron chi connectivity index (χ1n) is 22.5. The number of aryl methyl sites for hydroxylation is 2. The minimum atomic E-state index is 0.0104. The van der Waals surface area contributed by atoms with Crippen LogP contribution in [0.1, 0.15) is 25.7 Å². The molecule has 2 atom stereocenters. The molecule has 8 heterocycles. The third-order valence-corrected chi connectivity index (χ3v) is 12.1. The molecule has 2 aliphatic heterocycles. The Hall–Kier alpha value is -7.67.